The summed E-state index contributed by atoms with van der Waals surface area (Å²) in [7, 11) is 1.83. The van der Waals surface area contributed by atoms with Gasteiger partial charge < -0.3 is 10.6 Å². The second-order valence-electron chi connectivity index (χ2n) is 3.89. The zero-order valence-corrected chi connectivity index (χ0v) is 11.2. The molecule has 1 heterocycles. The van der Waals surface area contributed by atoms with E-state index in [-0.39, 0.29) is 5.91 Å². The summed E-state index contributed by atoms with van der Waals surface area (Å²) >= 11 is 1.53. The number of nitrogens with one attached hydrogen (secondary N) is 2. The van der Waals surface area contributed by atoms with Gasteiger partial charge >= 0.3 is 0 Å². The number of hydrogen-bond acceptors (Lipinski definition) is 4. The van der Waals surface area contributed by atoms with Gasteiger partial charge in [0.25, 0.3) is 5.91 Å². The SMILES string of the molecule is CNc1nc(CNC(=O)c2ccccc2C)cs1. The van der Waals surface area contributed by atoms with Gasteiger partial charge in [0, 0.05) is 18.0 Å². The van der Waals surface area contributed by atoms with Crippen molar-refractivity contribution in [1.82, 2.24) is 10.3 Å². The summed E-state index contributed by atoms with van der Waals surface area (Å²) in [4.78, 5) is 16.3. The number of benzene rings is 1. The smallest absolute Gasteiger partial charge is 0.251 e. The Balaban J connectivity index is 1.98. The van der Waals surface area contributed by atoms with Crippen LogP contribution in [0.4, 0.5) is 5.13 Å². The molecule has 2 N–H and O–H groups in total. The van der Waals surface area contributed by atoms with Crippen LogP contribution in [0.5, 0.6) is 0 Å². The van der Waals surface area contributed by atoms with E-state index >= 15 is 0 Å². The van der Waals surface area contributed by atoms with Gasteiger partial charge in [-0.15, -0.1) is 11.3 Å². The first-order valence-electron chi connectivity index (χ1n) is 5.66. The van der Waals surface area contributed by atoms with Crippen LogP contribution in [-0.4, -0.2) is 17.9 Å². The molecule has 18 heavy (non-hydrogen) atoms. The molecule has 2 rings (SSSR count). The standard InChI is InChI=1S/C13H15N3OS/c1-9-5-3-4-6-11(9)12(17)15-7-10-8-18-13(14-2)16-10/h3-6,8H,7H2,1-2H3,(H,14,16)(H,15,17). The van der Waals surface area contributed by atoms with Gasteiger partial charge in [-0.25, -0.2) is 4.98 Å². The van der Waals surface area contributed by atoms with Crippen LogP contribution in [0.2, 0.25) is 0 Å². The fourth-order valence-corrected chi connectivity index (χ4v) is 2.27. The van der Waals surface area contributed by atoms with Crippen LogP contribution < -0.4 is 10.6 Å². The molecular formula is C13H15N3OS. The Morgan fingerprint density at radius 3 is 2.83 bits per heavy atom. The minimum atomic E-state index is -0.0629. The lowest BCUT2D eigenvalue weighted by Crippen LogP contribution is -2.23. The molecule has 0 saturated heterocycles. The average molecular weight is 261 g/mol. The van der Waals surface area contributed by atoms with Crippen LogP contribution in [-0.2, 0) is 6.54 Å². The second-order valence-corrected chi connectivity index (χ2v) is 4.75. The highest BCUT2D eigenvalue weighted by Gasteiger charge is 2.08. The first kappa shape index (κ1) is 12.6. The minimum absolute atomic E-state index is 0.0629. The summed E-state index contributed by atoms with van der Waals surface area (Å²) in [6.45, 7) is 2.38. The van der Waals surface area contributed by atoms with E-state index < -0.39 is 0 Å². The van der Waals surface area contributed by atoms with E-state index in [0.717, 1.165) is 16.4 Å². The predicted octanol–water partition coefficient (Wildman–Crippen LogP) is 2.42. The number of amides is 1. The van der Waals surface area contributed by atoms with Crippen molar-refractivity contribution in [1.29, 1.82) is 0 Å². The van der Waals surface area contributed by atoms with Crippen LogP contribution >= 0.6 is 11.3 Å². The highest BCUT2D eigenvalue weighted by molar-refractivity contribution is 7.13. The molecule has 0 saturated carbocycles. The Labute approximate surface area is 110 Å². The lowest BCUT2D eigenvalue weighted by atomic mass is 10.1. The third kappa shape index (κ3) is 2.87. The molecule has 2 aromatic rings. The number of carbonyl (C=O) groups is 1. The minimum Gasteiger partial charge on any atom is -0.365 e. The number of rotatable bonds is 4. The van der Waals surface area contributed by atoms with E-state index in [4.69, 9.17) is 0 Å². The van der Waals surface area contributed by atoms with Crippen molar-refractivity contribution in [2.24, 2.45) is 0 Å². The highest BCUT2D eigenvalue weighted by Crippen LogP contribution is 2.14. The maximum Gasteiger partial charge on any atom is 0.251 e. The first-order valence-corrected chi connectivity index (χ1v) is 6.54. The molecule has 0 aliphatic carbocycles. The van der Waals surface area contributed by atoms with Crippen LogP contribution in [0.15, 0.2) is 29.6 Å². The number of anilines is 1. The van der Waals surface area contributed by atoms with E-state index in [1.807, 2.05) is 43.6 Å². The van der Waals surface area contributed by atoms with Crippen molar-refractivity contribution >= 4 is 22.4 Å². The third-order valence-electron chi connectivity index (χ3n) is 2.59. The Bertz CT molecular complexity index is 551. The van der Waals surface area contributed by atoms with E-state index in [1.54, 1.807) is 0 Å². The monoisotopic (exact) mass is 261 g/mol. The van der Waals surface area contributed by atoms with E-state index in [1.165, 1.54) is 11.3 Å². The quantitative estimate of drug-likeness (QED) is 0.888. The molecule has 1 aromatic carbocycles. The summed E-state index contributed by atoms with van der Waals surface area (Å²) in [5, 5.41) is 8.63. The van der Waals surface area contributed by atoms with Crippen molar-refractivity contribution in [2.45, 2.75) is 13.5 Å². The fraction of sp³-hybridized carbons (Fsp3) is 0.231. The summed E-state index contributed by atoms with van der Waals surface area (Å²) in [6.07, 6.45) is 0. The maximum atomic E-state index is 12.0. The number of hydrogen-bond donors (Lipinski definition) is 2. The van der Waals surface area contributed by atoms with Gasteiger partial charge in [-0.3, -0.25) is 4.79 Å². The van der Waals surface area contributed by atoms with Gasteiger partial charge in [-0.05, 0) is 18.6 Å². The second kappa shape index (κ2) is 5.64. The normalized spacial score (nSPS) is 10.1. The topological polar surface area (TPSA) is 54.0 Å². The van der Waals surface area contributed by atoms with Gasteiger partial charge in [0.1, 0.15) is 0 Å². The van der Waals surface area contributed by atoms with Crippen molar-refractivity contribution in [2.75, 3.05) is 12.4 Å². The summed E-state index contributed by atoms with van der Waals surface area (Å²) in [6, 6.07) is 7.54. The van der Waals surface area contributed by atoms with Crippen LogP contribution in [0.1, 0.15) is 21.6 Å². The molecule has 0 atom stereocenters. The molecule has 0 aliphatic rings. The zero-order chi connectivity index (χ0) is 13.0. The molecule has 5 heteroatoms. The largest absolute Gasteiger partial charge is 0.365 e. The summed E-state index contributed by atoms with van der Waals surface area (Å²) in [5.74, 6) is -0.0629. The molecule has 1 aromatic heterocycles. The summed E-state index contributed by atoms with van der Waals surface area (Å²) in [5.41, 5.74) is 2.55. The molecule has 0 radical (unpaired) electrons. The number of nitrogens with zero attached hydrogens (tertiary/aromatic N) is 1. The average Bonchev–Trinajstić information content (AvgIpc) is 2.84. The molecular weight excluding hydrogens is 246 g/mol. The van der Waals surface area contributed by atoms with Crippen molar-refractivity contribution in [3.63, 3.8) is 0 Å². The molecule has 94 valence electrons. The molecule has 0 unspecified atom stereocenters. The van der Waals surface area contributed by atoms with E-state index in [9.17, 15) is 4.79 Å². The molecule has 0 bridgehead atoms. The van der Waals surface area contributed by atoms with Crippen LogP contribution in [0, 0.1) is 6.92 Å². The number of aromatic nitrogens is 1. The Morgan fingerprint density at radius 1 is 1.39 bits per heavy atom. The van der Waals surface area contributed by atoms with Crippen LogP contribution in [0.25, 0.3) is 0 Å². The van der Waals surface area contributed by atoms with Crippen molar-refractivity contribution in [3.05, 3.63) is 46.5 Å². The van der Waals surface area contributed by atoms with Crippen LogP contribution in [0.3, 0.4) is 0 Å². The molecule has 0 fully saturated rings. The molecule has 0 spiro atoms. The lowest BCUT2D eigenvalue weighted by molar-refractivity contribution is 0.0950. The van der Waals surface area contributed by atoms with E-state index in [0.29, 0.717) is 12.1 Å². The summed E-state index contributed by atoms with van der Waals surface area (Å²) < 4.78 is 0. The Kier molecular flexibility index (Phi) is 3.94. The van der Waals surface area contributed by atoms with Gasteiger partial charge in [-0.1, -0.05) is 18.2 Å². The van der Waals surface area contributed by atoms with Crippen molar-refractivity contribution < 1.29 is 4.79 Å². The van der Waals surface area contributed by atoms with Gasteiger partial charge in [0.05, 0.1) is 12.2 Å². The fourth-order valence-electron chi connectivity index (χ4n) is 1.60. The highest BCUT2D eigenvalue weighted by atomic mass is 32.1. The lowest BCUT2D eigenvalue weighted by Gasteiger charge is -2.05. The predicted molar refractivity (Wildman–Crippen MR) is 74.0 cm³/mol. The zero-order valence-electron chi connectivity index (χ0n) is 10.4. The van der Waals surface area contributed by atoms with Gasteiger partial charge in [-0.2, -0.15) is 0 Å². The first-order chi connectivity index (χ1) is 8.70. The molecule has 4 nitrogen and oxygen atoms in total. The Hall–Kier alpha value is -1.88. The number of aryl methyl sites for hydroxylation is 1. The number of carbonyl (C=O) groups excluding carboxylic acids is 1. The van der Waals surface area contributed by atoms with E-state index in [2.05, 4.69) is 15.6 Å². The molecule has 0 aliphatic heterocycles. The van der Waals surface area contributed by atoms with Crippen molar-refractivity contribution in [3.8, 4) is 0 Å². The maximum absolute atomic E-state index is 12.0. The number of thiazole rings is 1. The van der Waals surface area contributed by atoms with Gasteiger partial charge in [0.2, 0.25) is 0 Å². The molecule has 1 amide bonds. The Morgan fingerprint density at radius 2 is 2.17 bits per heavy atom. The van der Waals surface area contributed by atoms with Gasteiger partial charge in [0.15, 0.2) is 5.13 Å². The third-order valence-corrected chi connectivity index (χ3v) is 3.49.